The van der Waals surface area contributed by atoms with E-state index in [1.807, 2.05) is 19.1 Å². The fourth-order valence-corrected chi connectivity index (χ4v) is 1.79. The Bertz CT molecular complexity index is 605. The van der Waals surface area contributed by atoms with Crippen molar-refractivity contribution >= 4 is 11.6 Å². The van der Waals surface area contributed by atoms with Gasteiger partial charge in [0.1, 0.15) is 5.75 Å². The molecular weight excluding hydrogens is 248 g/mol. The lowest BCUT2D eigenvalue weighted by Gasteiger charge is -2.07. The van der Waals surface area contributed by atoms with Crippen LogP contribution in [0.4, 0.5) is 0 Å². The van der Waals surface area contributed by atoms with E-state index in [-0.39, 0.29) is 0 Å². The summed E-state index contributed by atoms with van der Waals surface area (Å²) in [6.07, 6.45) is 2.38. The average Bonchev–Trinajstić information content (AvgIpc) is 2.41. The first-order chi connectivity index (χ1) is 8.72. The van der Waals surface area contributed by atoms with Gasteiger partial charge in [0.15, 0.2) is 0 Å². The van der Waals surface area contributed by atoms with Crippen LogP contribution in [0.5, 0.6) is 11.6 Å². The van der Waals surface area contributed by atoms with E-state index < -0.39 is 0 Å². The Morgan fingerprint density at radius 1 is 1.33 bits per heavy atom. The summed E-state index contributed by atoms with van der Waals surface area (Å²) in [7, 11) is 0. The lowest BCUT2D eigenvalue weighted by molar-refractivity contribution is 0.462. The van der Waals surface area contributed by atoms with Crippen LogP contribution in [0.3, 0.4) is 0 Å². The molecule has 1 aromatic heterocycles. The number of halogens is 1. The zero-order chi connectivity index (χ0) is 13.0. The van der Waals surface area contributed by atoms with Gasteiger partial charge in [0.2, 0.25) is 5.88 Å². The Balaban J connectivity index is 2.26. The molecule has 0 radical (unpaired) electrons. The summed E-state index contributed by atoms with van der Waals surface area (Å²) >= 11 is 6.03. The molecule has 0 N–H and O–H groups in total. The predicted molar refractivity (Wildman–Crippen MR) is 69.9 cm³/mol. The van der Waals surface area contributed by atoms with E-state index in [0.717, 1.165) is 17.0 Å². The Hall–Kier alpha value is -2.05. The number of hydrogen-bond donors (Lipinski definition) is 0. The molecule has 0 amide bonds. The molecule has 0 aliphatic rings. The summed E-state index contributed by atoms with van der Waals surface area (Å²) in [6, 6.07) is 10.7. The van der Waals surface area contributed by atoms with Gasteiger partial charge in [0.25, 0.3) is 0 Å². The molecule has 3 nitrogen and oxygen atoms in total. The van der Waals surface area contributed by atoms with Gasteiger partial charge in [0.05, 0.1) is 11.6 Å². The van der Waals surface area contributed by atoms with Crippen molar-refractivity contribution < 1.29 is 4.74 Å². The SMILES string of the molecule is CCc1cc(Oc2cc(C#N)ccn2)ccc1Cl. The Labute approximate surface area is 111 Å². The molecule has 0 unspecified atom stereocenters. The van der Waals surface area contributed by atoms with Gasteiger partial charge >= 0.3 is 0 Å². The number of rotatable bonds is 3. The topological polar surface area (TPSA) is 45.9 Å². The van der Waals surface area contributed by atoms with Crippen LogP contribution in [0.1, 0.15) is 18.1 Å². The molecule has 0 spiro atoms. The number of aryl methyl sites for hydroxylation is 1. The maximum atomic E-state index is 8.80. The second kappa shape index (κ2) is 5.52. The molecule has 4 heteroatoms. The van der Waals surface area contributed by atoms with Crippen LogP contribution in [0, 0.1) is 11.3 Å². The van der Waals surface area contributed by atoms with Crippen LogP contribution >= 0.6 is 11.6 Å². The number of aromatic nitrogens is 1. The highest BCUT2D eigenvalue weighted by atomic mass is 35.5. The Kier molecular flexibility index (Phi) is 3.81. The van der Waals surface area contributed by atoms with E-state index >= 15 is 0 Å². The molecule has 0 saturated heterocycles. The molecule has 90 valence electrons. The number of ether oxygens (including phenoxy) is 1. The van der Waals surface area contributed by atoms with Gasteiger partial charge in [-0.3, -0.25) is 0 Å². The molecule has 1 heterocycles. The maximum Gasteiger partial charge on any atom is 0.220 e. The quantitative estimate of drug-likeness (QED) is 0.837. The average molecular weight is 259 g/mol. The number of hydrogen-bond acceptors (Lipinski definition) is 3. The van der Waals surface area contributed by atoms with Crippen molar-refractivity contribution in [3.63, 3.8) is 0 Å². The van der Waals surface area contributed by atoms with Crippen LogP contribution in [0.2, 0.25) is 5.02 Å². The molecule has 0 aliphatic carbocycles. The van der Waals surface area contributed by atoms with Crippen molar-refractivity contribution in [3.8, 4) is 17.7 Å². The lowest BCUT2D eigenvalue weighted by atomic mass is 10.1. The number of nitrogens with zero attached hydrogens (tertiary/aromatic N) is 2. The van der Waals surface area contributed by atoms with Crippen molar-refractivity contribution in [1.82, 2.24) is 4.98 Å². The van der Waals surface area contributed by atoms with Gasteiger partial charge in [-0.05, 0) is 36.2 Å². The molecule has 0 aliphatic heterocycles. The van der Waals surface area contributed by atoms with Crippen LogP contribution in [0.25, 0.3) is 0 Å². The highest BCUT2D eigenvalue weighted by molar-refractivity contribution is 6.31. The lowest BCUT2D eigenvalue weighted by Crippen LogP contribution is -1.90. The predicted octanol–water partition coefficient (Wildman–Crippen LogP) is 3.96. The highest BCUT2D eigenvalue weighted by Crippen LogP contribution is 2.26. The van der Waals surface area contributed by atoms with Crippen LogP contribution in [-0.2, 0) is 6.42 Å². The second-order valence-electron chi connectivity index (χ2n) is 3.70. The van der Waals surface area contributed by atoms with Crippen LogP contribution in [-0.4, -0.2) is 4.98 Å². The Morgan fingerprint density at radius 2 is 2.17 bits per heavy atom. The first kappa shape index (κ1) is 12.4. The molecular formula is C14H11ClN2O. The number of benzene rings is 1. The van der Waals surface area contributed by atoms with Crippen molar-refractivity contribution in [2.45, 2.75) is 13.3 Å². The second-order valence-corrected chi connectivity index (χ2v) is 4.11. The van der Waals surface area contributed by atoms with Crippen molar-refractivity contribution in [2.24, 2.45) is 0 Å². The summed E-state index contributed by atoms with van der Waals surface area (Å²) < 4.78 is 5.60. The van der Waals surface area contributed by atoms with Gasteiger partial charge in [-0.15, -0.1) is 0 Å². The first-order valence-corrected chi connectivity index (χ1v) is 5.93. The van der Waals surface area contributed by atoms with Gasteiger partial charge in [0, 0.05) is 17.3 Å². The number of pyridine rings is 1. The fourth-order valence-electron chi connectivity index (χ4n) is 1.54. The molecule has 0 bridgehead atoms. The largest absolute Gasteiger partial charge is 0.439 e. The zero-order valence-electron chi connectivity index (χ0n) is 9.85. The van der Waals surface area contributed by atoms with E-state index in [9.17, 15) is 0 Å². The normalized spacial score (nSPS) is 9.83. The minimum absolute atomic E-state index is 0.401. The third kappa shape index (κ3) is 2.79. The summed E-state index contributed by atoms with van der Waals surface area (Å²) in [5.41, 5.74) is 1.54. The van der Waals surface area contributed by atoms with E-state index in [1.54, 1.807) is 30.5 Å². The molecule has 0 fully saturated rings. The Morgan fingerprint density at radius 3 is 2.89 bits per heavy atom. The van der Waals surface area contributed by atoms with E-state index in [4.69, 9.17) is 21.6 Å². The minimum atomic E-state index is 0.401. The third-order valence-electron chi connectivity index (χ3n) is 2.48. The molecule has 18 heavy (non-hydrogen) atoms. The fraction of sp³-hybridized carbons (Fsp3) is 0.143. The molecule has 2 aromatic rings. The van der Waals surface area contributed by atoms with Crippen LogP contribution < -0.4 is 4.74 Å². The minimum Gasteiger partial charge on any atom is -0.439 e. The van der Waals surface area contributed by atoms with Gasteiger partial charge in [-0.2, -0.15) is 5.26 Å². The first-order valence-electron chi connectivity index (χ1n) is 5.55. The molecule has 0 atom stereocenters. The van der Waals surface area contributed by atoms with Gasteiger partial charge < -0.3 is 4.74 Å². The summed E-state index contributed by atoms with van der Waals surface area (Å²) in [4.78, 5) is 4.05. The van der Waals surface area contributed by atoms with E-state index in [0.29, 0.717) is 17.2 Å². The highest BCUT2D eigenvalue weighted by Gasteiger charge is 2.04. The maximum absolute atomic E-state index is 8.80. The zero-order valence-corrected chi connectivity index (χ0v) is 10.6. The third-order valence-corrected chi connectivity index (χ3v) is 2.85. The van der Waals surface area contributed by atoms with E-state index in [2.05, 4.69) is 4.98 Å². The van der Waals surface area contributed by atoms with Gasteiger partial charge in [-0.1, -0.05) is 18.5 Å². The molecule has 0 saturated carbocycles. The van der Waals surface area contributed by atoms with Crippen LogP contribution in [0.15, 0.2) is 36.5 Å². The van der Waals surface area contributed by atoms with Gasteiger partial charge in [-0.25, -0.2) is 4.98 Å². The monoisotopic (exact) mass is 258 g/mol. The summed E-state index contributed by atoms with van der Waals surface area (Å²) in [5, 5.41) is 9.52. The van der Waals surface area contributed by atoms with E-state index in [1.165, 1.54) is 0 Å². The molecule has 2 rings (SSSR count). The van der Waals surface area contributed by atoms with Crippen molar-refractivity contribution in [1.29, 1.82) is 5.26 Å². The van der Waals surface area contributed by atoms with Crippen molar-refractivity contribution in [3.05, 3.63) is 52.7 Å². The summed E-state index contributed by atoms with van der Waals surface area (Å²) in [5.74, 6) is 1.07. The van der Waals surface area contributed by atoms with Crippen molar-refractivity contribution in [2.75, 3.05) is 0 Å². The number of nitriles is 1. The standard InChI is InChI=1S/C14H11ClN2O/c1-2-11-8-12(3-4-13(11)15)18-14-7-10(9-16)5-6-17-14/h3-8H,2H2,1H3. The smallest absolute Gasteiger partial charge is 0.220 e. The summed E-state index contributed by atoms with van der Waals surface area (Å²) in [6.45, 7) is 2.03. The molecule has 1 aromatic carbocycles.